The topological polar surface area (TPSA) is 109 Å². The molecule has 3 aromatic rings. The van der Waals surface area contributed by atoms with Crippen molar-refractivity contribution in [2.75, 3.05) is 6.61 Å². The van der Waals surface area contributed by atoms with Crippen LogP contribution in [0.3, 0.4) is 0 Å². The number of hydrogen-bond donors (Lipinski definition) is 2. The highest BCUT2D eigenvalue weighted by atomic mass is 32.3. The monoisotopic (exact) mass is 398 g/mol. The van der Waals surface area contributed by atoms with Crippen molar-refractivity contribution in [1.82, 2.24) is 0 Å². The second kappa shape index (κ2) is 8.75. The highest BCUT2D eigenvalue weighted by Gasteiger charge is 2.05. The van der Waals surface area contributed by atoms with E-state index in [1.165, 1.54) is 0 Å². The van der Waals surface area contributed by atoms with Crippen LogP contribution in [0, 0.1) is 0 Å². The zero-order valence-electron chi connectivity index (χ0n) is 14.8. The number of aromatic hydroxyl groups is 1. The smallest absolute Gasteiger partial charge is 0.397 e. The molecule has 0 aromatic heterocycles. The standard InChI is InChI=1S/C20H18N2O5S/c23-20-11-8-17(16-4-2-1-3-5-16)14-19(20)22-21-18-9-6-15(7-10-18)12-13-27-28(24,25)26/h1-11,14,23H,12-13H2,(H,24,25,26). The highest BCUT2D eigenvalue weighted by molar-refractivity contribution is 7.80. The molecule has 7 nitrogen and oxygen atoms in total. The van der Waals surface area contributed by atoms with Crippen molar-refractivity contribution in [2.24, 2.45) is 10.2 Å². The van der Waals surface area contributed by atoms with Gasteiger partial charge < -0.3 is 5.11 Å². The first-order valence-corrected chi connectivity index (χ1v) is 9.78. The summed E-state index contributed by atoms with van der Waals surface area (Å²) in [5.74, 6) is 0.0300. The third kappa shape index (κ3) is 5.71. The normalized spacial score (nSPS) is 11.8. The summed E-state index contributed by atoms with van der Waals surface area (Å²) in [5.41, 5.74) is 3.67. The third-order valence-corrected chi connectivity index (χ3v) is 4.38. The van der Waals surface area contributed by atoms with Gasteiger partial charge in [-0.25, -0.2) is 4.18 Å². The van der Waals surface area contributed by atoms with E-state index >= 15 is 0 Å². The van der Waals surface area contributed by atoms with Crippen molar-refractivity contribution >= 4 is 21.8 Å². The first-order chi connectivity index (χ1) is 13.4. The van der Waals surface area contributed by atoms with Crippen molar-refractivity contribution in [1.29, 1.82) is 0 Å². The van der Waals surface area contributed by atoms with E-state index in [9.17, 15) is 13.5 Å². The molecule has 0 aliphatic carbocycles. The number of rotatable bonds is 7. The molecule has 3 rings (SSSR count). The maximum atomic E-state index is 10.5. The van der Waals surface area contributed by atoms with Crippen molar-refractivity contribution in [3.8, 4) is 16.9 Å². The predicted molar refractivity (Wildman–Crippen MR) is 105 cm³/mol. The lowest BCUT2D eigenvalue weighted by molar-refractivity contribution is 0.272. The summed E-state index contributed by atoms with van der Waals surface area (Å²) in [6.07, 6.45) is 0.317. The van der Waals surface area contributed by atoms with Crippen LogP contribution in [-0.4, -0.2) is 24.7 Å². The van der Waals surface area contributed by atoms with Gasteiger partial charge in [-0.2, -0.15) is 13.5 Å². The van der Waals surface area contributed by atoms with Crippen LogP contribution in [0.1, 0.15) is 5.56 Å². The number of phenols is 1. The Kier molecular flexibility index (Phi) is 6.15. The maximum absolute atomic E-state index is 10.5. The molecule has 0 amide bonds. The summed E-state index contributed by atoms with van der Waals surface area (Å²) in [5, 5.41) is 18.3. The molecule has 0 aliphatic heterocycles. The minimum atomic E-state index is -4.43. The Balaban J connectivity index is 1.70. The van der Waals surface area contributed by atoms with Crippen molar-refractivity contribution < 1.29 is 22.3 Å². The molecule has 0 unspecified atom stereocenters. The minimum Gasteiger partial charge on any atom is -0.506 e. The SMILES string of the molecule is O=S(=O)(O)OCCc1ccc(N=Nc2cc(-c3ccccc3)ccc2O)cc1. The van der Waals surface area contributed by atoms with Gasteiger partial charge in [0.2, 0.25) is 0 Å². The van der Waals surface area contributed by atoms with E-state index in [0.29, 0.717) is 17.8 Å². The first-order valence-electron chi connectivity index (χ1n) is 8.42. The molecule has 0 radical (unpaired) electrons. The van der Waals surface area contributed by atoms with E-state index < -0.39 is 10.4 Å². The summed E-state index contributed by atoms with van der Waals surface area (Å²) < 4.78 is 33.9. The Morgan fingerprint density at radius 2 is 1.57 bits per heavy atom. The summed E-state index contributed by atoms with van der Waals surface area (Å²) in [7, 11) is -4.43. The summed E-state index contributed by atoms with van der Waals surface area (Å²) in [4.78, 5) is 0. The number of azo groups is 1. The Bertz CT molecular complexity index is 1070. The van der Waals surface area contributed by atoms with Crippen LogP contribution in [0.4, 0.5) is 11.4 Å². The summed E-state index contributed by atoms with van der Waals surface area (Å²) in [6.45, 7) is -0.153. The van der Waals surface area contributed by atoms with Gasteiger partial charge in [-0.1, -0.05) is 48.5 Å². The average Bonchev–Trinajstić information content (AvgIpc) is 2.68. The van der Waals surface area contributed by atoms with Gasteiger partial charge in [-0.15, -0.1) is 5.11 Å². The zero-order chi connectivity index (χ0) is 20.0. The molecule has 0 fully saturated rings. The van der Waals surface area contributed by atoms with Gasteiger partial charge >= 0.3 is 10.4 Å². The largest absolute Gasteiger partial charge is 0.506 e. The van der Waals surface area contributed by atoms with E-state index in [2.05, 4.69) is 14.4 Å². The van der Waals surface area contributed by atoms with Crippen molar-refractivity contribution in [3.63, 3.8) is 0 Å². The Morgan fingerprint density at radius 3 is 2.25 bits per heavy atom. The average molecular weight is 398 g/mol. The minimum absolute atomic E-state index is 0.0300. The molecule has 0 atom stereocenters. The van der Waals surface area contributed by atoms with Crippen LogP contribution in [0.15, 0.2) is 83.0 Å². The molecule has 0 saturated heterocycles. The van der Waals surface area contributed by atoms with Crippen molar-refractivity contribution in [3.05, 3.63) is 78.4 Å². The van der Waals surface area contributed by atoms with Gasteiger partial charge in [0, 0.05) is 0 Å². The molecule has 28 heavy (non-hydrogen) atoms. The van der Waals surface area contributed by atoms with Crippen molar-refractivity contribution in [2.45, 2.75) is 6.42 Å². The van der Waals surface area contributed by atoms with E-state index in [4.69, 9.17) is 4.55 Å². The van der Waals surface area contributed by atoms with Gasteiger partial charge in [0.05, 0.1) is 12.3 Å². The predicted octanol–water partition coefficient (Wildman–Crippen LogP) is 4.84. The fraction of sp³-hybridized carbons (Fsp3) is 0.100. The van der Waals surface area contributed by atoms with Gasteiger partial charge in [-0.3, -0.25) is 4.55 Å². The second-order valence-corrected chi connectivity index (χ2v) is 7.03. The summed E-state index contributed by atoms with van der Waals surface area (Å²) in [6, 6.07) is 21.8. The molecular formula is C20H18N2O5S. The molecule has 0 bridgehead atoms. The maximum Gasteiger partial charge on any atom is 0.397 e. The lowest BCUT2D eigenvalue weighted by Gasteiger charge is -2.04. The Morgan fingerprint density at radius 1 is 0.857 bits per heavy atom. The van der Waals surface area contributed by atoms with Crippen LogP contribution in [0.25, 0.3) is 11.1 Å². The lowest BCUT2D eigenvalue weighted by Crippen LogP contribution is -2.06. The molecule has 3 aromatic carbocycles. The van der Waals surface area contributed by atoms with Crippen LogP contribution >= 0.6 is 0 Å². The number of hydrogen-bond acceptors (Lipinski definition) is 6. The Hall–Kier alpha value is -3.07. The fourth-order valence-corrected chi connectivity index (χ4v) is 2.81. The van der Waals surface area contributed by atoms with Gasteiger partial charge in [0.1, 0.15) is 11.4 Å². The molecule has 2 N–H and O–H groups in total. The second-order valence-electron chi connectivity index (χ2n) is 5.94. The van der Waals surface area contributed by atoms with Gasteiger partial charge in [0.15, 0.2) is 0 Å². The van der Waals surface area contributed by atoms with Crippen LogP contribution in [0.5, 0.6) is 5.75 Å². The quantitative estimate of drug-likeness (QED) is 0.437. The first kappa shape index (κ1) is 19.7. The van der Waals surface area contributed by atoms with Crippen LogP contribution < -0.4 is 0 Å². The number of nitrogens with zero attached hydrogens (tertiary/aromatic N) is 2. The molecule has 0 aliphatic rings. The van der Waals surface area contributed by atoms with Crippen LogP contribution in [0.2, 0.25) is 0 Å². The van der Waals surface area contributed by atoms with E-state index in [1.807, 2.05) is 36.4 Å². The number of benzene rings is 3. The summed E-state index contributed by atoms with van der Waals surface area (Å²) >= 11 is 0. The van der Waals surface area contributed by atoms with Gasteiger partial charge in [-0.05, 0) is 47.4 Å². The fourth-order valence-electron chi connectivity index (χ4n) is 2.52. The molecule has 0 spiro atoms. The Labute approximate surface area is 162 Å². The van der Waals surface area contributed by atoms with E-state index in [1.54, 1.807) is 36.4 Å². The molecule has 0 saturated carbocycles. The van der Waals surface area contributed by atoms with E-state index in [0.717, 1.165) is 16.7 Å². The van der Waals surface area contributed by atoms with Gasteiger partial charge in [0.25, 0.3) is 0 Å². The third-order valence-electron chi connectivity index (χ3n) is 3.92. The molecule has 144 valence electrons. The highest BCUT2D eigenvalue weighted by Crippen LogP contribution is 2.33. The van der Waals surface area contributed by atoms with E-state index in [-0.39, 0.29) is 12.4 Å². The lowest BCUT2D eigenvalue weighted by atomic mass is 10.1. The molecular weight excluding hydrogens is 380 g/mol. The van der Waals surface area contributed by atoms with Crippen LogP contribution in [-0.2, 0) is 21.0 Å². The molecule has 0 heterocycles. The zero-order valence-corrected chi connectivity index (χ0v) is 15.6. The molecule has 8 heteroatoms. The number of phenolic OH excluding ortho intramolecular Hbond substituents is 1.